The Morgan fingerprint density at radius 1 is 1.03 bits per heavy atom. The van der Waals surface area contributed by atoms with E-state index in [1.807, 2.05) is 41.1 Å². The van der Waals surface area contributed by atoms with Crippen molar-refractivity contribution in [2.45, 2.75) is 25.6 Å². The van der Waals surface area contributed by atoms with E-state index in [4.69, 9.17) is 9.47 Å². The number of piperidine rings is 1. The molecule has 3 heterocycles. The van der Waals surface area contributed by atoms with Crippen LogP contribution in [0.2, 0.25) is 0 Å². The Morgan fingerprint density at radius 3 is 2.68 bits per heavy atom. The van der Waals surface area contributed by atoms with E-state index < -0.39 is 11.6 Å². The largest absolute Gasteiger partial charge is 0.487 e. The van der Waals surface area contributed by atoms with Gasteiger partial charge in [-0.2, -0.15) is 0 Å². The summed E-state index contributed by atoms with van der Waals surface area (Å²) in [5.41, 5.74) is 2.18. The number of nitrogens with zero attached hydrogens (tertiary/aromatic N) is 3. The summed E-state index contributed by atoms with van der Waals surface area (Å²) in [6.07, 6.45) is 4.73. The number of carbonyl (C=O) groups is 1. The Labute approximate surface area is 195 Å². The number of aromatic nitrogens is 2. The highest BCUT2D eigenvalue weighted by molar-refractivity contribution is 5.94. The first kappa shape index (κ1) is 21.9. The molecule has 2 aromatic heterocycles. The zero-order valence-corrected chi connectivity index (χ0v) is 18.4. The third-order valence-corrected chi connectivity index (χ3v) is 5.80. The van der Waals surface area contributed by atoms with Crippen molar-refractivity contribution in [1.82, 2.24) is 14.3 Å². The number of likely N-dealkylation sites (tertiary alicyclic amines) is 1. The van der Waals surface area contributed by atoms with E-state index in [0.717, 1.165) is 17.4 Å². The van der Waals surface area contributed by atoms with Gasteiger partial charge in [0, 0.05) is 50.0 Å². The minimum absolute atomic E-state index is 0.0293. The molecule has 1 saturated heterocycles. The first-order valence-electron chi connectivity index (χ1n) is 11.1. The lowest BCUT2D eigenvalue weighted by Gasteiger charge is -2.32. The van der Waals surface area contributed by atoms with Gasteiger partial charge in [0.1, 0.15) is 29.9 Å². The van der Waals surface area contributed by atoms with Crippen LogP contribution in [0.1, 0.15) is 28.9 Å². The highest BCUT2D eigenvalue weighted by Crippen LogP contribution is 2.24. The number of rotatable bonds is 6. The molecule has 34 heavy (non-hydrogen) atoms. The van der Waals surface area contributed by atoms with Crippen LogP contribution >= 0.6 is 0 Å². The summed E-state index contributed by atoms with van der Waals surface area (Å²) in [7, 11) is 0. The highest BCUT2D eigenvalue weighted by Gasteiger charge is 2.25. The van der Waals surface area contributed by atoms with Gasteiger partial charge in [0.05, 0.1) is 5.69 Å². The van der Waals surface area contributed by atoms with Crippen LogP contribution in [0.25, 0.3) is 5.65 Å². The van der Waals surface area contributed by atoms with Crippen LogP contribution in [0.5, 0.6) is 11.5 Å². The third-order valence-electron chi connectivity index (χ3n) is 5.80. The van der Waals surface area contributed by atoms with Crippen molar-refractivity contribution >= 4 is 11.6 Å². The second kappa shape index (κ2) is 9.51. The molecule has 1 amide bonds. The van der Waals surface area contributed by atoms with Crippen molar-refractivity contribution in [3.8, 4) is 11.5 Å². The molecule has 1 aliphatic rings. The maximum atomic E-state index is 13.8. The fourth-order valence-electron chi connectivity index (χ4n) is 4.04. The molecule has 0 spiro atoms. The van der Waals surface area contributed by atoms with Crippen molar-refractivity contribution in [2.24, 2.45) is 0 Å². The van der Waals surface area contributed by atoms with Gasteiger partial charge in [-0.25, -0.2) is 13.8 Å². The lowest BCUT2D eigenvalue weighted by molar-refractivity contribution is 0.0587. The molecule has 174 valence electrons. The van der Waals surface area contributed by atoms with Crippen LogP contribution in [0.3, 0.4) is 0 Å². The van der Waals surface area contributed by atoms with E-state index >= 15 is 0 Å². The molecular weight excluding hydrogens is 440 g/mol. The monoisotopic (exact) mass is 463 g/mol. The first-order valence-corrected chi connectivity index (χ1v) is 11.1. The summed E-state index contributed by atoms with van der Waals surface area (Å²) >= 11 is 0. The van der Waals surface area contributed by atoms with E-state index in [1.54, 1.807) is 23.1 Å². The Balaban J connectivity index is 1.17. The van der Waals surface area contributed by atoms with Gasteiger partial charge < -0.3 is 18.8 Å². The summed E-state index contributed by atoms with van der Waals surface area (Å²) in [6.45, 7) is 1.26. The van der Waals surface area contributed by atoms with E-state index in [2.05, 4.69) is 4.98 Å². The zero-order valence-electron chi connectivity index (χ0n) is 18.4. The molecule has 0 atom stereocenters. The molecule has 1 fully saturated rings. The van der Waals surface area contributed by atoms with Gasteiger partial charge in [-0.3, -0.25) is 4.79 Å². The summed E-state index contributed by atoms with van der Waals surface area (Å²) < 4.78 is 40.4. The lowest BCUT2D eigenvalue weighted by atomic mass is 10.1. The first-order chi connectivity index (χ1) is 16.5. The highest BCUT2D eigenvalue weighted by atomic mass is 19.1. The average Bonchev–Trinajstić information content (AvgIpc) is 3.28. The molecule has 0 bridgehead atoms. The van der Waals surface area contributed by atoms with Crippen LogP contribution in [0.4, 0.5) is 8.78 Å². The second-order valence-corrected chi connectivity index (χ2v) is 8.20. The molecule has 4 aromatic rings. The van der Waals surface area contributed by atoms with Gasteiger partial charge in [0.2, 0.25) is 0 Å². The summed E-state index contributed by atoms with van der Waals surface area (Å²) in [4.78, 5) is 19.3. The van der Waals surface area contributed by atoms with Crippen LogP contribution in [-0.2, 0) is 6.61 Å². The number of amides is 1. The zero-order chi connectivity index (χ0) is 23.5. The van der Waals surface area contributed by atoms with Gasteiger partial charge >= 0.3 is 0 Å². The Morgan fingerprint density at radius 2 is 1.88 bits per heavy atom. The lowest BCUT2D eigenvalue weighted by Crippen LogP contribution is -2.41. The fraction of sp³-hybridized carbons (Fsp3) is 0.231. The van der Waals surface area contributed by atoms with Gasteiger partial charge in [0.15, 0.2) is 11.6 Å². The molecule has 0 N–H and O–H groups in total. The Bertz CT molecular complexity index is 1280. The molecular formula is C26H23F2N3O3. The maximum Gasteiger partial charge on any atom is 0.253 e. The van der Waals surface area contributed by atoms with Crippen molar-refractivity contribution in [2.75, 3.05) is 13.1 Å². The second-order valence-electron chi connectivity index (χ2n) is 8.20. The molecule has 2 aromatic carbocycles. The summed E-state index contributed by atoms with van der Waals surface area (Å²) in [5, 5.41) is 0. The smallest absolute Gasteiger partial charge is 0.253 e. The van der Waals surface area contributed by atoms with Gasteiger partial charge in [0.25, 0.3) is 5.91 Å². The summed E-state index contributed by atoms with van der Waals surface area (Å²) in [6, 6.07) is 16.1. The quantitative estimate of drug-likeness (QED) is 0.409. The number of halogens is 2. The molecule has 0 aliphatic carbocycles. The number of hydrogen-bond acceptors (Lipinski definition) is 4. The van der Waals surface area contributed by atoms with Gasteiger partial charge in [-0.05, 0) is 42.5 Å². The third kappa shape index (κ3) is 4.85. The van der Waals surface area contributed by atoms with E-state index in [9.17, 15) is 13.6 Å². The van der Waals surface area contributed by atoms with Crippen LogP contribution in [0, 0.1) is 11.6 Å². The minimum Gasteiger partial charge on any atom is -0.487 e. The number of imidazole rings is 1. The molecule has 8 heteroatoms. The number of carbonyl (C=O) groups excluding carboxylic acids is 1. The van der Waals surface area contributed by atoms with Crippen LogP contribution in [0.15, 0.2) is 73.1 Å². The van der Waals surface area contributed by atoms with Crippen LogP contribution < -0.4 is 9.47 Å². The Hall–Kier alpha value is -3.94. The normalized spacial score (nSPS) is 14.4. The topological polar surface area (TPSA) is 56.1 Å². The number of benzene rings is 2. The number of hydrogen-bond donors (Lipinski definition) is 0. The maximum absolute atomic E-state index is 13.8. The molecule has 5 rings (SSSR count). The predicted molar refractivity (Wildman–Crippen MR) is 122 cm³/mol. The molecule has 0 saturated carbocycles. The fourth-order valence-corrected chi connectivity index (χ4v) is 4.04. The van der Waals surface area contributed by atoms with Crippen molar-refractivity contribution in [3.05, 3.63) is 95.9 Å². The number of ether oxygens (including phenoxy) is 2. The SMILES string of the molecule is O=C(c1cccc(OCc2cn3ccccc3n2)c1)N1CCC(Oc2ccc(F)cc2F)CC1. The van der Waals surface area contributed by atoms with Crippen molar-refractivity contribution in [1.29, 1.82) is 0 Å². The van der Waals surface area contributed by atoms with Crippen molar-refractivity contribution in [3.63, 3.8) is 0 Å². The average molecular weight is 463 g/mol. The van der Waals surface area contributed by atoms with Crippen molar-refractivity contribution < 1.29 is 23.0 Å². The summed E-state index contributed by atoms with van der Waals surface area (Å²) in [5.74, 6) is -0.840. The Kier molecular flexibility index (Phi) is 6.12. The van der Waals surface area contributed by atoms with Crippen LogP contribution in [-0.4, -0.2) is 39.4 Å². The number of fused-ring (bicyclic) bond motifs is 1. The molecule has 1 aliphatic heterocycles. The van der Waals surface area contributed by atoms with E-state index in [0.29, 0.717) is 43.9 Å². The number of pyridine rings is 1. The van der Waals surface area contributed by atoms with E-state index in [1.165, 1.54) is 12.1 Å². The van der Waals surface area contributed by atoms with Gasteiger partial charge in [-0.1, -0.05) is 12.1 Å². The minimum atomic E-state index is -0.723. The standard InChI is InChI=1S/C26H23F2N3O3/c27-19-7-8-24(23(28)15-19)34-21-9-12-30(13-10-21)26(32)18-4-3-5-22(14-18)33-17-20-16-31-11-2-1-6-25(31)29-20/h1-8,11,14-16,21H,9-10,12-13,17H2. The van der Waals surface area contributed by atoms with E-state index in [-0.39, 0.29) is 17.8 Å². The predicted octanol–water partition coefficient (Wildman–Crippen LogP) is 4.88. The molecule has 0 radical (unpaired) electrons. The van der Waals surface area contributed by atoms with Gasteiger partial charge in [-0.15, -0.1) is 0 Å². The molecule has 6 nitrogen and oxygen atoms in total. The molecule has 0 unspecified atom stereocenters.